The van der Waals surface area contributed by atoms with Gasteiger partial charge in [-0.25, -0.2) is 8.78 Å². The molecule has 0 aliphatic rings. The molecule has 0 bridgehead atoms. The number of rotatable bonds is 5. The first-order valence-corrected chi connectivity index (χ1v) is 10.7. The minimum absolute atomic E-state index is 0.131. The largest absolute Gasteiger partial charge is 0.259 e. The van der Waals surface area contributed by atoms with Crippen molar-refractivity contribution in [2.24, 2.45) is 0 Å². The van der Waals surface area contributed by atoms with Gasteiger partial charge in [0.1, 0.15) is 11.6 Å². The lowest BCUT2D eigenvalue weighted by Gasteiger charge is -2.24. The van der Waals surface area contributed by atoms with Crippen LogP contribution in [0.1, 0.15) is 37.8 Å². The van der Waals surface area contributed by atoms with Crippen LogP contribution in [-0.2, 0) is 17.2 Å². The van der Waals surface area contributed by atoms with Gasteiger partial charge in [0, 0.05) is 42.2 Å². The smallest absolute Gasteiger partial charge is 0.126 e. The number of hydrogen-bond acceptors (Lipinski definition) is 1. The second-order valence-corrected chi connectivity index (χ2v) is 11.0. The van der Waals surface area contributed by atoms with Crippen LogP contribution in [0.2, 0.25) is 0 Å². The molecule has 1 nitrogen and oxygen atoms in total. The molecule has 0 saturated carbocycles. The van der Waals surface area contributed by atoms with Gasteiger partial charge in [-0.15, -0.1) is 0 Å². The van der Waals surface area contributed by atoms with Crippen LogP contribution < -0.4 is 0 Å². The van der Waals surface area contributed by atoms with Crippen molar-refractivity contribution < 1.29 is 13.0 Å². The van der Waals surface area contributed by atoms with Crippen molar-refractivity contribution in [3.8, 4) is 0 Å². The molecule has 6 heteroatoms. The topological polar surface area (TPSA) is 17.1 Å². The normalized spacial score (nSPS) is 14.4. The maximum atomic E-state index is 13.6. The van der Waals surface area contributed by atoms with Gasteiger partial charge in [-0.1, -0.05) is 31.9 Å². The van der Waals surface area contributed by atoms with Crippen molar-refractivity contribution in [3.05, 3.63) is 68.1 Å². The third kappa shape index (κ3) is 5.97. The van der Waals surface area contributed by atoms with Crippen LogP contribution in [-0.4, -0.2) is 14.7 Å². The third-order valence-corrected chi connectivity index (χ3v) is 7.12. The van der Waals surface area contributed by atoms with E-state index in [1.54, 1.807) is 0 Å². The Bertz CT molecular complexity index is 767. The standard InChI is InChI=1S/C19H20Br2F2OS/c1-19(2,3)25(24)11-13(17-9-14(20)4-5-18(17)21)6-12-7-15(22)10-16(23)8-12/h4-5,7-10,13H,6,11H2,1-3H3/t13-,25-/m1/s1. The molecule has 0 aliphatic carbocycles. The lowest BCUT2D eigenvalue weighted by atomic mass is 9.93. The molecule has 0 unspecified atom stereocenters. The van der Waals surface area contributed by atoms with Crippen LogP contribution in [0.25, 0.3) is 0 Å². The van der Waals surface area contributed by atoms with Gasteiger partial charge in [-0.3, -0.25) is 4.21 Å². The van der Waals surface area contributed by atoms with Crippen LogP contribution in [0.4, 0.5) is 8.78 Å². The summed E-state index contributed by atoms with van der Waals surface area (Å²) in [4.78, 5) is 0. The summed E-state index contributed by atoms with van der Waals surface area (Å²) in [7, 11) is -1.09. The predicted octanol–water partition coefficient (Wildman–Crippen LogP) is 6.36. The second kappa shape index (κ2) is 8.40. The van der Waals surface area contributed by atoms with E-state index in [0.29, 0.717) is 17.7 Å². The molecule has 0 aliphatic heterocycles. The van der Waals surface area contributed by atoms with Crippen molar-refractivity contribution in [2.45, 2.75) is 37.9 Å². The Labute approximate surface area is 166 Å². The fourth-order valence-corrected chi connectivity index (χ4v) is 4.64. The Kier molecular flexibility index (Phi) is 6.96. The highest BCUT2D eigenvalue weighted by molar-refractivity contribution is 9.11. The molecule has 25 heavy (non-hydrogen) atoms. The highest BCUT2D eigenvalue weighted by Crippen LogP contribution is 2.33. The molecular weight excluding hydrogens is 474 g/mol. The van der Waals surface area contributed by atoms with Gasteiger partial charge in [0.2, 0.25) is 0 Å². The predicted molar refractivity (Wildman–Crippen MR) is 107 cm³/mol. The fraction of sp³-hybridized carbons (Fsp3) is 0.368. The van der Waals surface area contributed by atoms with Gasteiger partial charge in [0.25, 0.3) is 0 Å². The molecule has 136 valence electrons. The van der Waals surface area contributed by atoms with E-state index in [0.717, 1.165) is 20.6 Å². The van der Waals surface area contributed by atoms with Crippen LogP contribution in [0.5, 0.6) is 0 Å². The summed E-state index contributed by atoms with van der Waals surface area (Å²) in [5, 5.41) is 0. The minimum atomic E-state index is -1.09. The molecule has 2 atom stereocenters. The van der Waals surface area contributed by atoms with Crippen molar-refractivity contribution in [3.63, 3.8) is 0 Å². The maximum Gasteiger partial charge on any atom is 0.126 e. The van der Waals surface area contributed by atoms with E-state index < -0.39 is 22.4 Å². The molecule has 0 saturated heterocycles. The summed E-state index contributed by atoms with van der Waals surface area (Å²) in [5.74, 6) is -0.914. The Morgan fingerprint density at radius 3 is 2.20 bits per heavy atom. The molecule has 0 spiro atoms. The average Bonchev–Trinajstić information content (AvgIpc) is 2.47. The summed E-state index contributed by atoms with van der Waals surface area (Å²) in [5.41, 5.74) is 1.52. The second-order valence-electron chi connectivity index (χ2n) is 6.97. The van der Waals surface area contributed by atoms with Crippen LogP contribution in [0, 0.1) is 11.6 Å². The molecule has 2 aromatic carbocycles. The van der Waals surface area contributed by atoms with Crippen molar-refractivity contribution in [1.29, 1.82) is 0 Å². The molecule has 0 amide bonds. The number of halogens is 4. The van der Waals surface area contributed by atoms with E-state index >= 15 is 0 Å². The quantitative estimate of drug-likeness (QED) is 0.473. The first-order valence-electron chi connectivity index (χ1n) is 7.84. The zero-order chi connectivity index (χ0) is 18.8. The highest BCUT2D eigenvalue weighted by Gasteiger charge is 2.26. The van der Waals surface area contributed by atoms with Gasteiger partial charge in [0.05, 0.1) is 0 Å². The van der Waals surface area contributed by atoms with E-state index in [-0.39, 0.29) is 10.7 Å². The van der Waals surface area contributed by atoms with E-state index in [4.69, 9.17) is 0 Å². The third-order valence-electron chi connectivity index (χ3n) is 3.84. The molecule has 2 aromatic rings. The first kappa shape index (κ1) is 20.7. The minimum Gasteiger partial charge on any atom is -0.259 e. The Morgan fingerprint density at radius 2 is 1.64 bits per heavy atom. The lowest BCUT2D eigenvalue weighted by molar-refractivity contribution is 0.577. The number of hydrogen-bond donors (Lipinski definition) is 0. The van der Waals surface area contributed by atoms with Gasteiger partial charge < -0.3 is 0 Å². The van der Waals surface area contributed by atoms with E-state index in [9.17, 15) is 13.0 Å². The van der Waals surface area contributed by atoms with Gasteiger partial charge >= 0.3 is 0 Å². The van der Waals surface area contributed by atoms with Crippen LogP contribution >= 0.6 is 31.9 Å². The summed E-state index contributed by atoms with van der Waals surface area (Å²) >= 11 is 7.01. The van der Waals surface area contributed by atoms with Gasteiger partial charge in [-0.2, -0.15) is 0 Å². The van der Waals surface area contributed by atoms with Crippen molar-refractivity contribution >= 4 is 42.7 Å². The molecule has 0 aromatic heterocycles. The molecule has 0 N–H and O–H groups in total. The van der Waals surface area contributed by atoms with Crippen LogP contribution in [0.15, 0.2) is 45.3 Å². The molecular formula is C19H20Br2F2OS. The van der Waals surface area contributed by atoms with E-state index in [2.05, 4.69) is 31.9 Å². The Morgan fingerprint density at radius 1 is 1.04 bits per heavy atom. The van der Waals surface area contributed by atoms with Gasteiger partial charge in [-0.05, 0) is 68.7 Å². The monoisotopic (exact) mass is 492 g/mol. The zero-order valence-electron chi connectivity index (χ0n) is 14.3. The maximum absolute atomic E-state index is 13.6. The summed E-state index contributed by atoms with van der Waals surface area (Å²) in [6, 6.07) is 9.32. The Hall–Kier alpha value is -0.590. The highest BCUT2D eigenvalue weighted by atomic mass is 79.9. The lowest BCUT2D eigenvalue weighted by Crippen LogP contribution is -2.27. The average molecular weight is 494 g/mol. The zero-order valence-corrected chi connectivity index (χ0v) is 18.3. The molecule has 2 rings (SSSR count). The SMILES string of the molecule is CC(C)(C)[S@](=O)C[C@@H](Cc1cc(F)cc(F)c1)c1cc(Br)ccc1Br. The fourth-order valence-electron chi connectivity index (χ4n) is 2.53. The number of benzene rings is 2. The van der Waals surface area contributed by atoms with Gasteiger partial charge in [0.15, 0.2) is 0 Å². The molecule has 0 radical (unpaired) electrons. The summed E-state index contributed by atoms with van der Waals surface area (Å²) < 4.78 is 41.3. The van der Waals surface area contributed by atoms with Crippen molar-refractivity contribution in [2.75, 3.05) is 5.75 Å². The molecule has 0 fully saturated rings. The summed E-state index contributed by atoms with van der Waals surface area (Å²) in [6.45, 7) is 5.79. The summed E-state index contributed by atoms with van der Waals surface area (Å²) in [6.07, 6.45) is 0.408. The first-order chi connectivity index (χ1) is 11.6. The Balaban J connectivity index is 2.41. The van der Waals surface area contributed by atoms with E-state index in [1.807, 2.05) is 39.0 Å². The van der Waals surface area contributed by atoms with E-state index in [1.165, 1.54) is 12.1 Å². The van der Waals surface area contributed by atoms with Crippen LogP contribution in [0.3, 0.4) is 0 Å². The van der Waals surface area contributed by atoms with Crippen molar-refractivity contribution in [1.82, 2.24) is 0 Å². The molecule has 0 heterocycles.